The lowest BCUT2D eigenvalue weighted by Gasteiger charge is -2.14. The number of hydrogen-bond donors (Lipinski definition) is 2. The fourth-order valence-electron chi connectivity index (χ4n) is 1.66. The molecule has 1 aliphatic carbocycles. The first-order valence-corrected chi connectivity index (χ1v) is 6.65. The van der Waals surface area contributed by atoms with Crippen molar-refractivity contribution in [2.45, 2.75) is 58.5 Å². The van der Waals surface area contributed by atoms with Gasteiger partial charge in [0, 0.05) is 12.7 Å². The van der Waals surface area contributed by atoms with Crippen LogP contribution >= 0.6 is 0 Å². The van der Waals surface area contributed by atoms with E-state index in [1.807, 2.05) is 26.0 Å². The van der Waals surface area contributed by atoms with Crippen molar-refractivity contribution in [3.05, 3.63) is 23.8 Å². The summed E-state index contributed by atoms with van der Waals surface area (Å²) in [6, 6.07) is 0. The summed E-state index contributed by atoms with van der Waals surface area (Å²) in [7, 11) is 1.00. The zero-order valence-corrected chi connectivity index (χ0v) is 11.9. The molecule has 0 atom stereocenters. The molecule has 0 radical (unpaired) electrons. The molecule has 0 aromatic rings. The molecule has 0 amide bonds. The molecule has 106 valence electrons. The molecule has 0 unspecified atom stereocenters. The van der Waals surface area contributed by atoms with E-state index < -0.39 is 0 Å². The Morgan fingerprint density at radius 2 is 1.78 bits per heavy atom. The van der Waals surface area contributed by atoms with E-state index in [4.69, 9.17) is 10.2 Å². The normalized spacial score (nSPS) is 16.4. The molecule has 3 nitrogen and oxygen atoms in total. The molecule has 18 heavy (non-hydrogen) atoms. The molecule has 0 aromatic carbocycles. The van der Waals surface area contributed by atoms with E-state index in [9.17, 15) is 4.79 Å². The minimum Gasteiger partial charge on any atom is -0.400 e. The predicted octanol–water partition coefficient (Wildman–Crippen LogP) is 3.02. The second-order valence-electron chi connectivity index (χ2n) is 4.02. The van der Waals surface area contributed by atoms with Crippen LogP contribution in [0.25, 0.3) is 0 Å². The van der Waals surface area contributed by atoms with Crippen LogP contribution in [0.4, 0.5) is 0 Å². The van der Waals surface area contributed by atoms with Crippen LogP contribution in [0.2, 0.25) is 0 Å². The third-order valence-electron chi connectivity index (χ3n) is 2.51. The fourth-order valence-corrected chi connectivity index (χ4v) is 1.66. The maximum atomic E-state index is 10.2. The number of aliphatic hydroxyl groups excluding tert-OH is 2. The quantitative estimate of drug-likeness (QED) is 0.463. The van der Waals surface area contributed by atoms with Crippen LogP contribution in [0, 0.1) is 0 Å². The number of hydrogen-bond acceptors (Lipinski definition) is 3. The lowest BCUT2D eigenvalue weighted by molar-refractivity contribution is -0.104. The maximum Gasteiger partial charge on any atom is 0.149 e. The summed E-state index contributed by atoms with van der Waals surface area (Å²) in [4.78, 5) is 10.2. The summed E-state index contributed by atoms with van der Waals surface area (Å²) in [5.74, 6) is 0. The number of carbonyl (C=O) groups excluding carboxylic acids is 1. The van der Waals surface area contributed by atoms with Crippen molar-refractivity contribution in [3.8, 4) is 0 Å². The van der Waals surface area contributed by atoms with Crippen LogP contribution in [0.1, 0.15) is 52.4 Å². The van der Waals surface area contributed by atoms with E-state index in [0.29, 0.717) is 0 Å². The molecule has 0 heterocycles. The molecule has 1 aliphatic rings. The number of aldehydes is 1. The average Bonchev–Trinajstić information content (AvgIpc) is 2.42. The number of rotatable bonds is 3. The summed E-state index contributed by atoms with van der Waals surface area (Å²) in [6.45, 7) is 3.90. The Kier molecular flexibility index (Phi) is 17.3. The largest absolute Gasteiger partial charge is 0.400 e. The first kappa shape index (κ1) is 19.4. The Morgan fingerprint density at radius 1 is 1.22 bits per heavy atom. The van der Waals surface area contributed by atoms with Gasteiger partial charge in [-0.05, 0) is 26.2 Å². The van der Waals surface area contributed by atoms with Crippen molar-refractivity contribution in [1.29, 1.82) is 0 Å². The smallest absolute Gasteiger partial charge is 0.149 e. The maximum absolute atomic E-state index is 10.2. The van der Waals surface area contributed by atoms with Crippen molar-refractivity contribution in [2.24, 2.45) is 0 Å². The Bertz CT molecular complexity index is 226. The molecule has 1 saturated carbocycles. The van der Waals surface area contributed by atoms with Crippen LogP contribution in [0.5, 0.6) is 0 Å². The molecule has 0 bridgehead atoms. The third kappa shape index (κ3) is 13.1. The number of carbonyl (C=O) groups is 1. The predicted molar refractivity (Wildman–Crippen MR) is 76.5 cm³/mol. The zero-order valence-electron chi connectivity index (χ0n) is 11.9. The van der Waals surface area contributed by atoms with Crippen LogP contribution in [-0.2, 0) is 4.79 Å². The van der Waals surface area contributed by atoms with Gasteiger partial charge < -0.3 is 10.2 Å². The van der Waals surface area contributed by atoms with Gasteiger partial charge in [-0.1, -0.05) is 44.4 Å². The van der Waals surface area contributed by atoms with Crippen molar-refractivity contribution in [3.63, 3.8) is 0 Å². The van der Waals surface area contributed by atoms with Gasteiger partial charge in [0.15, 0.2) is 0 Å². The Hall–Kier alpha value is -0.930. The molecule has 0 aromatic heterocycles. The van der Waals surface area contributed by atoms with E-state index in [1.165, 1.54) is 19.3 Å². The molecular weight excluding hydrogens is 228 g/mol. The highest BCUT2D eigenvalue weighted by atomic mass is 16.3. The van der Waals surface area contributed by atoms with Gasteiger partial charge in [-0.2, -0.15) is 0 Å². The van der Waals surface area contributed by atoms with Crippen LogP contribution < -0.4 is 0 Å². The van der Waals surface area contributed by atoms with Gasteiger partial charge in [0.2, 0.25) is 0 Å². The van der Waals surface area contributed by atoms with Crippen molar-refractivity contribution >= 4 is 6.29 Å². The minimum atomic E-state index is 0.0359. The first-order valence-electron chi connectivity index (χ1n) is 6.65. The van der Waals surface area contributed by atoms with Gasteiger partial charge in [0.05, 0.1) is 6.10 Å². The van der Waals surface area contributed by atoms with E-state index in [-0.39, 0.29) is 6.10 Å². The highest BCUT2D eigenvalue weighted by Gasteiger charge is 2.07. The minimum absolute atomic E-state index is 0.0359. The van der Waals surface area contributed by atoms with Crippen molar-refractivity contribution < 1.29 is 15.0 Å². The number of aliphatic hydroxyl groups is 2. The summed E-state index contributed by atoms with van der Waals surface area (Å²) in [5.41, 5.74) is 0.764. The first-order chi connectivity index (χ1) is 8.74. The average molecular weight is 256 g/mol. The lowest BCUT2D eigenvalue weighted by Crippen LogP contribution is -2.09. The zero-order chi connectivity index (χ0) is 14.2. The molecule has 0 spiro atoms. The molecule has 2 N–H and O–H groups in total. The van der Waals surface area contributed by atoms with Gasteiger partial charge in [-0.15, -0.1) is 0 Å². The summed E-state index contributed by atoms with van der Waals surface area (Å²) in [5, 5.41) is 15.9. The van der Waals surface area contributed by atoms with Crippen LogP contribution in [0.3, 0.4) is 0 Å². The molecule has 0 aliphatic heterocycles. The number of allylic oxidation sites excluding steroid dienone is 4. The van der Waals surface area contributed by atoms with Crippen LogP contribution in [0.15, 0.2) is 23.8 Å². The molecule has 0 saturated heterocycles. The monoisotopic (exact) mass is 256 g/mol. The topological polar surface area (TPSA) is 57.5 Å². The van der Waals surface area contributed by atoms with Gasteiger partial charge in [-0.25, -0.2) is 0 Å². The standard InChI is InChI=1S/C8H12O.C6H12O.CH4O/c1-3-5-8(7-9)6-4-2;7-6-4-2-1-3-5-6;1-2/h3,5-7H,4H2,1-2H3;6-7H,1-5H2;2H,1H3/b5-3-,8-6+;;. The SMILES string of the molecule is C/C=C\C(C=O)=C/CC.CO.OC1CCCCC1. The van der Waals surface area contributed by atoms with Gasteiger partial charge >= 0.3 is 0 Å². The Morgan fingerprint density at radius 3 is 2.06 bits per heavy atom. The van der Waals surface area contributed by atoms with E-state index in [1.54, 1.807) is 6.08 Å². The lowest BCUT2D eigenvalue weighted by atomic mass is 9.98. The fraction of sp³-hybridized carbons (Fsp3) is 0.667. The Balaban J connectivity index is 0. The summed E-state index contributed by atoms with van der Waals surface area (Å²) in [6.07, 6.45) is 13.3. The second-order valence-corrected chi connectivity index (χ2v) is 4.02. The Labute approximate surface area is 111 Å². The van der Waals surface area contributed by atoms with Gasteiger partial charge in [0.25, 0.3) is 0 Å². The highest BCUT2D eigenvalue weighted by Crippen LogP contribution is 2.16. The molecule has 1 rings (SSSR count). The summed E-state index contributed by atoms with van der Waals surface area (Å²) < 4.78 is 0. The highest BCUT2D eigenvalue weighted by molar-refractivity contribution is 5.77. The molecular formula is C15H28O3. The van der Waals surface area contributed by atoms with Crippen LogP contribution in [-0.4, -0.2) is 29.7 Å². The van der Waals surface area contributed by atoms with Crippen molar-refractivity contribution in [2.75, 3.05) is 7.11 Å². The van der Waals surface area contributed by atoms with Gasteiger partial charge in [-0.3, -0.25) is 4.79 Å². The van der Waals surface area contributed by atoms with Crippen molar-refractivity contribution in [1.82, 2.24) is 0 Å². The van der Waals surface area contributed by atoms with E-state index in [2.05, 4.69) is 0 Å². The molecule has 3 heteroatoms. The second kappa shape index (κ2) is 16.1. The van der Waals surface area contributed by atoms with Gasteiger partial charge in [0.1, 0.15) is 6.29 Å². The third-order valence-corrected chi connectivity index (χ3v) is 2.51. The molecule has 1 fully saturated rings. The van der Waals surface area contributed by atoms with E-state index >= 15 is 0 Å². The van der Waals surface area contributed by atoms with E-state index in [0.717, 1.165) is 38.2 Å². The summed E-state index contributed by atoms with van der Waals surface area (Å²) >= 11 is 0.